The van der Waals surface area contributed by atoms with Gasteiger partial charge in [-0.1, -0.05) is 6.07 Å². The number of carbonyl (C=O) groups is 1. The lowest BCUT2D eigenvalue weighted by Gasteiger charge is -2.25. The maximum absolute atomic E-state index is 11.6. The second-order valence-electron chi connectivity index (χ2n) is 4.35. The zero-order chi connectivity index (χ0) is 12.3. The summed E-state index contributed by atoms with van der Waals surface area (Å²) in [7, 11) is 0. The number of carbonyl (C=O) groups excluding carboxylic acids is 1. The van der Waals surface area contributed by atoms with Crippen molar-refractivity contribution in [3.63, 3.8) is 0 Å². The van der Waals surface area contributed by atoms with Crippen LogP contribution in [0.2, 0.25) is 0 Å². The van der Waals surface area contributed by atoms with Gasteiger partial charge < -0.3 is 15.7 Å². The van der Waals surface area contributed by atoms with Crippen LogP contribution in [0.15, 0.2) is 17.5 Å². The predicted molar refractivity (Wildman–Crippen MR) is 74.9 cm³/mol. The highest BCUT2D eigenvalue weighted by Gasteiger charge is 2.29. The normalized spacial score (nSPS) is 20.6. The number of likely N-dealkylation sites (tertiary alicyclic amines) is 1. The minimum atomic E-state index is -0.467. The van der Waals surface area contributed by atoms with Crippen LogP contribution in [0.3, 0.4) is 0 Å². The summed E-state index contributed by atoms with van der Waals surface area (Å²) in [6.07, 6.45) is 2.12. The molecular weight excluding hydrogens is 272 g/mol. The summed E-state index contributed by atoms with van der Waals surface area (Å²) in [5, 5.41) is 12.0. The van der Waals surface area contributed by atoms with Crippen LogP contribution < -0.4 is 5.73 Å². The molecule has 2 heterocycles. The van der Waals surface area contributed by atoms with E-state index in [-0.39, 0.29) is 30.9 Å². The number of hydrogen-bond donors (Lipinski definition) is 2. The van der Waals surface area contributed by atoms with Crippen molar-refractivity contribution in [3.8, 4) is 0 Å². The Morgan fingerprint density at radius 2 is 2.44 bits per heavy atom. The molecule has 0 radical (unpaired) electrons. The van der Waals surface area contributed by atoms with Crippen LogP contribution in [0.4, 0.5) is 0 Å². The average Bonchev–Trinajstić information content (AvgIpc) is 2.98. The van der Waals surface area contributed by atoms with Crippen LogP contribution in [-0.4, -0.2) is 35.0 Å². The average molecular weight is 291 g/mol. The first-order valence-electron chi connectivity index (χ1n) is 5.93. The fourth-order valence-corrected chi connectivity index (χ4v) is 3.11. The van der Waals surface area contributed by atoms with Crippen LogP contribution in [0.1, 0.15) is 30.2 Å². The zero-order valence-corrected chi connectivity index (χ0v) is 11.8. The molecule has 102 valence electrons. The highest BCUT2D eigenvalue weighted by molar-refractivity contribution is 7.10. The molecular formula is C12H19ClN2O2S. The van der Waals surface area contributed by atoms with Crippen molar-refractivity contribution in [2.45, 2.75) is 31.4 Å². The number of halogens is 1. The van der Waals surface area contributed by atoms with Crippen LogP contribution >= 0.6 is 23.7 Å². The Balaban J connectivity index is 0.00000162. The van der Waals surface area contributed by atoms with Crippen molar-refractivity contribution in [3.05, 3.63) is 22.4 Å². The third-order valence-electron chi connectivity index (χ3n) is 3.24. The van der Waals surface area contributed by atoms with Gasteiger partial charge in [-0.05, 0) is 30.7 Å². The van der Waals surface area contributed by atoms with Gasteiger partial charge >= 0.3 is 0 Å². The van der Waals surface area contributed by atoms with Crippen LogP contribution in [0.5, 0.6) is 0 Å². The van der Waals surface area contributed by atoms with E-state index in [1.165, 1.54) is 0 Å². The molecule has 2 atom stereocenters. The van der Waals surface area contributed by atoms with Gasteiger partial charge in [-0.25, -0.2) is 0 Å². The van der Waals surface area contributed by atoms with Gasteiger partial charge in [0.25, 0.3) is 0 Å². The first kappa shape index (κ1) is 15.4. The Labute approximate surface area is 117 Å². The maximum Gasteiger partial charge on any atom is 0.236 e. The molecule has 0 bridgehead atoms. The van der Waals surface area contributed by atoms with E-state index in [0.29, 0.717) is 6.42 Å². The van der Waals surface area contributed by atoms with Crippen molar-refractivity contribution < 1.29 is 9.90 Å². The second-order valence-corrected chi connectivity index (χ2v) is 5.33. The fourth-order valence-electron chi connectivity index (χ4n) is 2.38. The number of thiophene rings is 1. The first-order chi connectivity index (χ1) is 8.22. The van der Waals surface area contributed by atoms with E-state index in [0.717, 1.165) is 24.3 Å². The molecule has 2 rings (SSSR count). The standard InChI is InChI=1S/C12H18N2O2S.ClH/c13-8-12(16)14-5-1-3-9(14)7-10(15)11-4-2-6-17-11;/h2,4,6,9-10,15H,1,3,5,7-8,13H2;1H. The lowest BCUT2D eigenvalue weighted by atomic mass is 10.1. The topological polar surface area (TPSA) is 66.6 Å². The van der Waals surface area contributed by atoms with Gasteiger partial charge in [0.2, 0.25) is 5.91 Å². The van der Waals surface area contributed by atoms with Gasteiger partial charge in [-0.3, -0.25) is 4.79 Å². The molecule has 1 aromatic heterocycles. The van der Waals surface area contributed by atoms with E-state index in [1.54, 1.807) is 11.3 Å². The largest absolute Gasteiger partial charge is 0.387 e. The minimum absolute atomic E-state index is 0. The highest BCUT2D eigenvalue weighted by Crippen LogP contribution is 2.29. The van der Waals surface area contributed by atoms with E-state index in [1.807, 2.05) is 22.4 Å². The summed E-state index contributed by atoms with van der Waals surface area (Å²) in [4.78, 5) is 14.4. The number of amides is 1. The molecule has 0 saturated carbocycles. The molecule has 3 N–H and O–H groups in total. The molecule has 0 aromatic carbocycles. The van der Waals surface area contributed by atoms with Crippen LogP contribution in [0, 0.1) is 0 Å². The molecule has 18 heavy (non-hydrogen) atoms. The Hall–Kier alpha value is -0.620. The van der Waals surface area contributed by atoms with E-state index in [2.05, 4.69) is 0 Å². The van der Waals surface area contributed by atoms with Crippen LogP contribution in [0.25, 0.3) is 0 Å². The molecule has 1 fully saturated rings. The van der Waals surface area contributed by atoms with Crippen LogP contribution in [-0.2, 0) is 4.79 Å². The second kappa shape index (κ2) is 7.09. The molecule has 1 amide bonds. The van der Waals surface area contributed by atoms with E-state index in [9.17, 15) is 9.90 Å². The van der Waals surface area contributed by atoms with Gasteiger partial charge in [0, 0.05) is 17.5 Å². The number of nitrogens with two attached hydrogens (primary N) is 1. The summed E-state index contributed by atoms with van der Waals surface area (Å²) >= 11 is 1.55. The van der Waals surface area contributed by atoms with Gasteiger partial charge in [0.15, 0.2) is 0 Å². The third kappa shape index (κ3) is 3.45. The van der Waals surface area contributed by atoms with Crippen molar-refractivity contribution >= 4 is 29.7 Å². The molecule has 2 unspecified atom stereocenters. The van der Waals surface area contributed by atoms with Crippen molar-refractivity contribution in [2.24, 2.45) is 5.73 Å². The summed E-state index contributed by atoms with van der Waals surface area (Å²) in [5.41, 5.74) is 5.39. The maximum atomic E-state index is 11.6. The van der Waals surface area contributed by atoms with Gasteiger partial charge in [0.05, 0.1) is 12.6 Å². The molecule has 0 aliphatic carbocycles. The summed E-state index contributed by atoms with van der Waals surface area (Å²) in [5.74, 6) is -0.00844. The molecule has 1 aliphatic rings. The Morgan fingerprint density at radius 3 is 3.06 bits per heavy atom. The van der Waals surface area contributed by atoms with Gasteiger partial charge in [0.1, 0.15) is 0 Å². The molecule has 4 nitrogen and oxygen atoms in total. The highest BCUT2D eigenvalue weighted by atomic mass is 35.5. The van der Waals surface area contributed by atoms with Crippen molar-refractivity contribution in [1.29, 1.82) is 0 Å². The number of hydrogen-bond acceptors (Lipinski definition) is 4. The fraction of sp³-hybridized carbons (Fsp3) is 0.583. The van der Waals surface area contributed by atoms with E-state index in [4.69, 9.17) is 5.73 Å². The predicted octanol–water partition coefficient (Wildman–Crippen LogP) is 1.54. The molecule has 1 aliphatic heterocycles. The molecule has 1 saturated heterocycles. The van der Waals surface area contributed by atoms with Crippen molar-refractivity contribution in [1.82, 2.24) is 4.90 Å². The number of aliphatic hydroxyl groups is 1. The minimum Gasteiger partial charge on any atom is -0.387 e. The summed E-state index contributed by atoms with van der Waals surface area (Å²) in [6, 6.07) is 4.00. The quantitative estimate of drug-likeness (QED) is 0.884. The smallest absolute Gasteiger partial charge is 0.236 e. The SMILES string of the molecule is Cl.NCC(=O)N1CCCC1CC(O)c1cccs1. The first-order valence-corrected chi connectivity index (χ1v) is 6.81. The van der Waals surface area contributed by atoms with Crippen molar-refractivity contribution in [2.75, 3.05) is 13.1 Å². The Morgan fingerprint density at radius 1 is 1.67 bits per heavy atom. The summed E-state index contributed by atoms with van der Waals surface area (Å²) in [6.45, 7) is 0.837. The lowest BCUT2D eigenvalue weighted by Crippen LogP contribution is -2.40. The zero-order valence-electron chi connectivity index (χ0n) is 10.1. The van der Waals surface area contributed by atoms with Gasteiger partial charge in [-0.2, -0.15) is 0 Å². The van der Waals surface area contributed by atoms with E-state index >= 15 is 0 Å². The monoisotopic (exact) mass is 290 g/mol. The van der Waals surface area contributed by atoms with Gasteiger partial charge in [-0.15, -0.1) is 23.7 Å². The third-order valence-corrected chi connectivity index (χ3v) is 4.21. The number of rotatable bonds is 4. The van der Waals surface area contributed by atoms with E-state index < -0.39 is 6.10 Å². The Kier molecular flexibility index (Phi) is 6.08. The number of nitrogens with zero attached hydrogens (tertiary/aromatic N) is 1. The number of aliphatic hydroxyl groups excluding tert-OH is 1. The molecule has 0 spiro atoms. The molecule has 6 heteroatoms. The molecule has 1 aromatic rings. The lowest BCUT2D eigenvalue weighted by molar-refractivity contribution is -0.130. The Bertz CT molecular complexity index is 372. The summed E-state index contributed by atoms with van der Waals surface area (Å²) < 4.78 is 0.